The van der Waals surface area contributed by atoms with Crippen LogP contribution in [-0.4, -0.2) is 20.6 Å². The Morgan fingerprint density at radius 2 is 1.78 bits per heavy atom. The molecule has 32 heavy (non-hydrogen) atoms. The lowest BCUT2D eigenvalue weighted by Crippen LogP contribution is -2.34. The standard InChI is InChI=1S/C24H18N4O2S2/c1-15-7-9-17(10-8-15)22-26-18(12-31-22)11-20(29)27-28-14-25-23-21(24(28)30)19(13-32-23)16-5-3-2-4-6-16/h2-10,12-14H,11H2,1H3,(H,27,29). The molecule has 0 aliphatic heterocycles. The van der Waals surface area contributed by atoms with E-state index in [1.807, 2.05) is 72.3 Å². The van der Waals surface area contributed by atoms with E-state index < -0.39 is 0 Å². The largest absolute Gasteiger partial charge is 0.281 e. The second-order valence-electron chi connectivity index (χ2n) is 7.34. The van der Waals surface area contributed by atoms with E-state index in [1.165, 1.54) is 34.6 Å². The second kappa shape index (κ2) is 8.49. The number of carbonyl (C=O) groups is 1. The van der Waals surface area contributed by atoms with Gasteiger partial charge in [0.1, 0.15) is 16.2 Å². The monoisotopic (exact) mass is 458 g/mol. The number of benzene rings is 2. The van der Waals surface area contributed by atoms with E-state index >= 15 is 0 Å². The lowest BCUT2D eigenvalue weighted by molar-refractivity contribution is -0.116. The Morgan fingerprint density at radius 3 is 2.56 bits per heavy atom. The molecule has 0 saturated carbocycles. The van der Waals surface area contributed by atoms with Crippen LogP contribution in [0.3, 0.4) is 0 Å². The number of nitrogens with one attached hydrogen (secondary N) is 1. The zero-order valence-electron chi connectivity index (χ0n) is 17.1. The summed E-state index contributed by atoms with van der Waals surface area (Å²) in [6, 6.07) is 17.8. The molecule has 0 aliphatic rings. The van der Waals surface area contributed by atoms with Crippen molar-refractivity contribution in [1.29, 1.82) is 0 Å². The highest BCUT2D eigenvalue weighted by Gasteiger charge is 2.15. The Hall–Kier alpha value is -3.62. The molecule has 0 aliphatic carbocycles. The molecular formula is C24H18N4O2S2. The van der Waals surface area contributed by atoms with Crippen LogP contribution in [0.25, 0.3) is 31.9 Å². The van der Waals surface area contributed by atoms with E-state index in [9.17, 15) is 9.59 Å². The number of hydrogen-bond donors (Lipinski definition) is 1. The Labute approximate surface area is 191 Å². The number of aromatic nitrogens is 3. The highest BCUT2D eigenvalue weighted by molar-refractivity contribution is 7.17. The van der Waals surface area contributed by atoms with Crippen LogP contribution >= 0.6 is 22.7 Å². The molecule has 3 aromatic heterocycles. The highest BCUT2D eigenvalue weighted by atomic mass is 32.1. The zero-order chi connectivity index (χ0) is 22.1. The smallest absolute Gasteiger partial charge is 0.273 e. The van der Waals surface area contributed by atoms with Crippen LogP contribution < -0.4 is 11.0 Å². The van der Waals surface area contributed by atoms with E-state index in [4.69, 9.17) is 0 Å². The van der Waals surface area contributed by atoms with Crippen LogP contribution in [0.4, 0.5) is 0 Å². The number of amides is 1. The van der Waals surface area contributed by atoms with Gasteiger partial charge in [-0.25, -0.2) is 14.6 Å². The van der Waals surface area contributed by atoms with Gasteiger partial charge in [-0.05, 0) is 12.5 Å². The van der Waals surface area contributed by atoms with Crippen LogP contribution in [0.2, 0.25) is 0 Å². The van der Waals surface area contributed by atoms with Gasteiger partial charge in [0.15, 0.2) is 0 Å². The quantitative estimate of drug-likeness (QED) is 0.408. The lowest BCUT2D eigenvalue weighted by atomic mass is 10.1. The maximum absolute atomic E-state index is 13.1. The molecule has 6 nitrogen and oxygen atoms in total. The van der Waals surface area contributed by atoms with Gasteiger partial charge in [-0.3, -0.25) is 15.0 Å². The van der Waals surface area contributed by atoms with Gasteiger partial charge in [-0.15, -0.1) is 22.7 Å². The van der Waals surface area contributed by atoms with E-state index in [0.29, 0.717) is 15.9 Å². The molecule has 5 rings (SSSR count). The van der Waals surface area contributed by atoms with Crippen molar-refractivity contribution in [2.45, 2.75) is 13.3 Å². The Kier molecular flexibility index (Phi) is 5.38. The molecule has 0 atom stereocenters. The third-order valence-electron chi connectivity index (χ3n) is 5.02. The first kappa shape index (κ1) is 20.3. The fraction of sp³-hybridized carbons (Fsp3) is 0.0833. The summed E-state index contributed by atoms with van der Waals surface area (Å²) in [7, 11) is 0. The minimum atomic E-state index is -0.328. The van der Waals surface area contributed by atoms with Crippen LogP contribution in [0.5, 0.6) is 0 Å². The molecule has 3 heterocycles. The lowest BCUT2D eigenvalue weighted by Gasteiger charge is -2.07. The molecular weight excluding hydrogens is 440 g/mol. The number of thiophene rings is 1. The summed E-state index contributed by atoms with van der Waals surface area (Å²) in [4.78, 5) is 35.3. The first-order chi connectivity index (χ1) is 15.6. The average Bonchev–Trinajstić information content (AvgIpc) is 3.44. The minimum absolute atomic E-state index is 0.0714. The minimum Gasteiger partial charge on any atom is -0.273 e. The summed E-state index contributed by atoms with van der Waals surface area (Å²) in [5, 5.41) is 5.14. The van der Waals surface area contributed by atoms with Crippen molar-refractivity contribution in [1.82, 2.24) is 14.6 Å². The molecule has 0 fully saturated rings. The zero-order valence-corrected chi connectivity index (χ0v) is 18.7. The van der Waals surface area contributed by atoms with Crippen LogP contribution in [-0.2, 0) is 11.2 Å². The third kappa shape index (κ3) is 3.98. The van der Waals surface area contributed by atoms with Gasteiger partial charge in [0.2, 0.25) is 5.91 Å². The van der Waals surface area contributed by atoms with Crippen LogP contribution in [0.1, 0.15) is 11.3 Å². The highest BCUT2D eigenvalue weighted by Crippen LogP contribution is 2.30. The number of thiazole rings is 1. The number of carbonyl (C=O) groups excluding carboxylic acids is 1. The molecule has 0 saturated heterocycles. The molecule has 1 amide bonds. The first-order valence-electron chi connectivity index (χ1n) is 9.94. The fourth-order valence-electron chi connectivity index (χ4n) is 3.40. The van der Waals surface area contributed by atoms with Gasteiger partial charge in [-0.2, -0.15) is 0 Å². The Balaban J connectivity index is 1.37. The SMILES string of the molecule is Cc1ccc(-c2nc(CC(=O)Nn3cnc4scc(-c5ccccc5)c4c3=O)cs2)cc1. The maximum Gasteiger partial charge on any atom is 0.281 e. The van der Waals surface area contributed by atoms with Crippen LogP contribution in [0, 0.1) is 6.92 Å². The summed E-state index contributed by atoms with van der Waals surface area (Å²) >= 11 is 2.90. The molecule has 2 aromatic carbocycles. The van der Waals surface area contributed by atoms with E-state index in [2.05, 4.69) is 15.4 Å². The molecule has 0 radical (unpaired) electrons. The molecule has 0 spiro atoms. The molecule has 0 bridgehead atoms. The van der Waals surface area contributed by atoms with Gasteiger partial charge >= 0.3 is 0 Å². The van der Waals surface area contributed by atoms with Crippen molar-refractivity contribution < 1.29 is 4.79 Å². The summed E-state index contributed by atoms with van der Waals surface area (Å²) in [6.45, 7) is 2.04. The van der Waals surface area contributed by atoms with Crippen molar-refractivity contribution in [2.75, 3.05) is 5.43 Å². The predicted molar refractivity (Wildman–Crippen MR) is 130 cm³/mol. The fourth-order valence-corrected chi connectivity index (χ4v) is 5.13. The number of rotatable bonds is 5. The summed E-state index contributed by atoms with van der Waals surface area (Å²) in [5.74, 6) is -0.328. The first-order valence-corrected chi connectivity index (χ1v) is 11.7. The van der Waals surface area contributed by atoms with Crippen LogP contribution in [0.15, 0.2) is 76.5 Å². The number of fused-ring (bicyclic) bond motifs is 1. The molecule has 158 valence electrons. The van der Waals surface area contributed by atoms with Crippen molar-refractivity contribution >= 4 is 38.8 Å². The van der Waals surface area contributed by atoms with Crippen molar-refractivity contribution in [2.24, 2.45) is 0 Å². The topological polar surface area (TPSA) is 76.9 Å². The van der Waals surface area contributed by atoms with Crippen molar-refractivity contribution in [3.05, 3.63) is 93.3 Å². The van der Waals surface area contributed by atoms with E-state index in [1.54, 1.807) is 0 Å². The Morgan fingerprint density at radius 1 is 1.00 bits per heavy atom. The van der Waals surface area contributed by atoms with Gasteiger partial charge in [0.25, 0.3) is 5.56 Å². The van der Waals surface area contributed by atoms with E-state index in [0.717, 1.165) is 26.4 Å². The summed E-state index contributed by atoms with van der Waals surface area (Å²) in [6.07, 6.45) is 1.43. The number of nitrogens with zero attached hydrogens (tertiary/aromatic N) is 3. The molecule has 0 unspecified atom stereocenters. The number of aryl methyl sites for hydroxylation is 1. The van der Waals surface area contributed by atoms with Crippen molar-refractivity contribution in [3.8, 4) is 21.7 Å². The second-order valence-corrected chi connectivity index (χ2v) is 9.05. The normalized spacial score (nSPS) is 11.0. The van der Waals surface area contributed by atoms with Gasteiger partial charge in [0.05, 0.1) is 17.5 Å². The predicted octanol–water partition coefficient (Wildman–Crippen LogP) is 4.87. The third-order valence-corrected chi connectivity index (χ3v) is 6.84. The van der Waals surface area contributed by atoms with Gasteiger partial charge in [0, 0.05) is 21.9 Å². The van der Waals surface area contributed by atoms with E-state index in [-0.39, 0.29) is 17.9 Å². The van der Waals surface area contributed by atoms with Gasteiger partial charge < -0.3 is 0 Å². The molecule has 5 aromatic rings. The molecule has 8 heteroatoms. The maximum atomic E-state index is 13.1. The van der Waals surface area contributed by atoms with Crippen molar-refractivity contribution in [3.63, 3.8) is 0 Å². The average molecular weight is 459 g/mol. The summed E-state index contributed by atoms with van der Waals surface area (Å²) in [5.41, 5.74) is 6.95. The van der Waals surface area contributed by atoms with Gasteiger partial charge in [-0.1, -0.05) is 60.2 Å². The Bertz CT molecular complexity index is 1470. The number of hydrogen-bond acceptors (Lipinski definition) is 6. The molecule has 1 N–H and O–H groups in total. The summed E-state index contributed by atoms with van der Waals surface area (Å²) < 4.78 is 1.15.